The fourth-order valence-electron chi connectivity index (χ4n) is 7.41. The Morgan fingerprint density at radius 1 is 0.490 bits per heavy atom. The number of hydrogen-bond acceptors (Lipinski definition) is 4. The molecule has 0 atom stereocenters. The van der Waals surface area contributed by atoms with Crippen molar-refractivity contribution in [1.82, 2.24) is 18.9 Å². The van der Waals surface area contributed by atoms with Crippen LogP contribution in [-0.2, 0) is 13.1 Å². The molecule has 8 aromatic rings. The van der Waals surface area contributed by atoms with Gasteiger partial charge in [0.25, 0.3) is 0 Å². The van der Waals surface area contributed by atoms with Crippen molar-refractivity contribution < 1.29 is 10.2 Å². The highest BCUT2D eigenvalue weighted by Crippen LogP contribution is 2.39. The number of aromatic nitrogens is 2. The zero-order valence-corrected chi connectivity index (χ0v) is 28.1. The SMILES string of the molecule is Cc1cc(CN(CCN(C)C)Cc2cccc(-n3c4ccccc4c4ccccc43)c2O)c(O)c(-n2c3ccccc3c3ccccc32)c1. The Balaban J connectivity index is 1.20. The summed E-state index contributed by atoms with van der Waals surface area (Å²) in [4.78, 5) is 4.48. The van der Waals surface area contributed by atoms with E-state index < -0.39 is 0 Å². The smallest absolute Gasteiger partial charge is 0.144 e. The normalized spacial score (nSPS) is 12.0. The van der Waals surface area contributed by atoms with E-state index in [0.717, 1.165) is 84.8 Å². The lowest BCUT2D eigenvalue weighted by Crippen LogP contribution is -2.31. The van der Waals surface area contributed by atoms with Crippen molar-refractivity contribution in [3.05, 3.63) is 144 Å². The molecule has 0 saturated heterocycles. The van der Waals surface area contributed by atoms with Crippen LogP contribution < -0.4 is 0 Å². The van der Waals surface area contributed by atoms with E-state index in [1.54, 1.807) is 0 Å². The van der Waals surface area contributed by atoms with Crippen molar-refractivity contribution in [2.75, 3.05) is 27.2 Å². The predicted molar refractivity (Wildman–Crippen MR) is 202 cm³/mol. The zero-order chi connectivity index (χ0) is 33.6. The van der Waals surface area contributed by atoms with Crippen molar-refractivity contribution >= 4 is 43.6 Å². The van der Waals surface area contributed by atoms with Gasteiger partial charge in [-0.3, -0.25) is 4.90 Å². The van der Waals surface area contributed by atoms with Gasteiger partial charge in [-0.1, -0.05) is 91.0 Å². The molecule has 0 fully saturated rings. The van der Waals surface area contributed by atoms with Gasteiger partial charge >= 0.3 is 0 Å². The molecular formula is C43H40N4O2. The summed E-state index contributed by atoms with van der Waals surface area (Å²) in [5.41, 5.74) is 8.55. The molecule has 8 rings (SSSR count). The highest BCUT2D eigenvalue weighted by molar-refractivity contribution is 6.10. The minimum atomic E-state index is 0.267. The average Bonchev–Trinajstić information content (AvgIpc) is 3.62. The molecule has 6 aromatic carbocycles. The van der Waals surface area contributed by atoms with E-state index in [0.29, 0.717) is 13.1 Å². The number of likely N-dealkylation sites (N-methyl/N-ethyl adjacent to an activating group) is 1. The summed E-state index contributed by atoms with van der Waals surface area (Å²) in [7, 11) is 4.14. The first kappa shape index (κ1) is 30.8. The first-order valence-electron chi connectivity index (χ1n) is 16.9. The number of phenols is 2. The third kappa shape index (κ3) is 5.39. The van der Waals surface area contributed by atoms with E-state index in [1.807, 2.05) is 42.5 Å². The van der Waals surface area contributed by atoms with Crippen LogP contribution in [0, 0.1) is 6.92 Å². The van der Waals surface area contributed by atoms with Gasteiger partial charge in [0.2, 0.25) is 0 Å². The summed E-state index contributed by atoms with van der Waals surface area (Å²) in [6.45, 7) is 4.71. The molecular weight excluding hydrogens is 604 g/mol. The lowest BCUT2D eigenvalue weighted by molar-refractivity contribution is 0.221. The van der Waals surface area contributed by atoms with Gasteiger partial charge in [0.15, 0.2) is 0 Å². The standard InChI is InChI=1S/C43H40N4O2/c1-29-25-31(43(49)41(26-29)47-38-20-10-6-16-34(38)35-17-7-11-21-39(35)47)28-45(24-23-44(2)3)27-30-13-12-22-40(42(30)48)46-36-18-8-4-14-32(36)33-15-5-9-19-37(33)46/h4-22,25-26,48-49H,23-24,27-28H2,1-3H3. The molecule has 2 heterocycles. The molecule has 0 spiro atoms. The maximum Gasteiger partial charge on any atom is 0.144 e. The maximum absolute atomic E-state index is 12.0. The number of hydrogen-bond donors (Lipinski definition) is 2. The summed E-state index contributed by atoms with van der Waals surface area (Å²) in [5, 5.41) is 28.6. The Morgan fingerprint density at radius 3 is 1.45 bits per heavy atom. The Morgan fingerprint density at radius 2 is 0.939 bits per heavy atom. The molecule has 6 heteroatoms. The Bertz CT molecular complexity index is 2380. The van der Waals surface area contributed by atoms with Crippen molar-refractivity contribution in [3.63, 3.8) is 0 Å². The number of nitrogens with zero attached hydrogens (tertiary/aromatic N) is 4. The molecule has 0 bridgehead atoms. The molecule has 0 aliphatic carbocycles. The molecule has 244 valence electrons. The van der Waals surface area contributed by atoms with Crippen LogP contribution in [0.25, 0.3) is 55.0 Å². The zero-order valence-electron chi connectivity index (χ0n) is 28.1. The summed E-state index contributed by atoms with van der Waals surface area (Å²) in [6, 6.07) is 43.7. The van der Waals surface area contributed by atoms with Gasteiger partial charge in [0.05, 0.1) is 33.4 Å². The van der Waals surface area contributed by atoms with Crippen LogP contribution in [0.2, 0.25) is 0 Å². The van der Waals surface area contributed by atoms with Crippen molar-refractivity contribution in [3.8, 4) is 22.9 Å². The Hall–Kier alpha value is -5.56. The number of aryl methyl sites for hydroxylation is 1. The van der Waals surface area contributed by atoms with Crippen LogP contribution in [0.5, 0.6) is 11.5 Å². The second-order valence-electron chi connectivity index (χ2n) is 13.3. The topological polar surface area (TPSA) is 56.8 Å². The molecule has 2 N–H and O–H groups in total. The van der Waals surface area contributed by atoms with Crippen LogP contribution in [-0.4, -0.2) is 56.3 Å². The van der Waals surface area contributed by atoms with Crippen LogP contribution in [0.3, 0.4) is 0 Å². The fraction of sp³-hybridized carbons (Fsp3) is 0.163. The fourth-order valence-corrected chi connectivity index (χ4v) is 7.41. The lowest BCUT2D eigenvalue weighted by Gasteiger charge is -2.26. The van der Waals surface area contributed by atoms with Gasteiger partial charge in [0.1, 0.15) is 11.5 Å². The van der Waals surface area contributed by atoms with E-state index in [2.05, 4.69) is 125 Å². The minimum Gasteiger partial charge on any atom is -0.505 e. The predicted octanol–water partition coefficient (Wildman–Crippen LogP) is 9.16. The van der Waals surface area contributed by atoms with Gasteiger partial charge in [-0.15, -0.1) is 0 Å². The number of benzene rings is 6. The molecule has 6 nitrogen and oxygen atoms in total. The second-order valence-corrected chi connectivity index (χ2v) is 13.3. The van der Waals surface area contributed by atoms with E-state index in [4.69, 9.17) is 0 Å². The number of aromatic hydroxyl groups is 2. The van der Waals surface area contributed by atoms with Gasteiger partial charge < -0.3 is 24.2 Å². The van der Waals surface area contributed by atoms with E-state index >= 15 is 0 Å². The Labute approximate surface area is 286 Å². The lowest BCUT2D eigenvalue weighted by atomic mass is 10.1. The van der Waals surface area contributed by atoms with E-state index in [1.165, 1.54) is 0 Å². The molecule has 0 aliphatic rings. The second kappa shape index (κ2) is 12.5. The molecule has 0 amide bonds. The summed E-state index contributed by atoms with van der Waals surface area (Å²) >= 11 is 0. The minimum absolute atomic E-state index is 0.267. The first-order chi connectivity index (χ1) is 23.9. The average molecular weight is 645 g/mol. The highest BCUT2D eigenvalue weighted by Gasteiger charge is 2.21. The number of fused-ring (bicyclic) bond motifs is 6. The third-order valence-electron chi connectivity index (χ3n) is 9.70. The monoisotopic (exact) mass is 644 g/mol. The van der Waals surface area contributed by atoms with E-state index in [-0.39, 0.29) is 11.5 Å². The molecule has 49 heavy (non-hydrogen) atoms. The summed E-state index contributed by atoms with van der Waals surface area (Å²) in [5.74, 6) is 0.540. The number of para-hydroxylation sites is 5. The highest BCUT2D eigenvalue weighted by atomic mass is 16.3. The van der Waals surface area contributed by atoms with Crippen molar-refractivity contribution in [2.24, 2.45) is 0 Å². The molecule has 0 saturated carbocycles. The van der Waals surface area contributed by atoms with Gasteiger partial charge in [-0.2, -0.15) is 0 Å². The summed E-state index contributed by atoms with van der Waals surface area (Å²) < 4.78 is 4.35. The van der Waals surface area contributed by atoms with Gasteiger partial charge in [0, 0.05) is 58.9 Å². The molecule has 0 unspecified atom stereocenters. The van der Waals surface area contributed by atoms with Crippen molar-refractivity contribution in [1.29, 1.82) is 0 Å². The van der Waals surface area contributed by atoms with Crippen LogP contribution in [0.4, 0.5) is 0 Å². The van der Waals surface area contributed by atoms with Crippen LogP contribution in [0.15, 0.2) is 127 Å². The van der Waals surface area contributed by atoms with Gasteiger partial charge in [-0.25, -0.2) is 0 Å². The number of rotatable bonds is 9. The molecule has 0 aliphatic heterocycles. The molecule has 2 aromatic heterocycles. The quantitative estimate of drug-likeness (QED) is 0.165. The number of phenolic OH excluding ortho intramolecular Hbond substituents is 2. The van der Waals surface area contributed by atoms with E-state index in [9.17, 15) is 10.2 Å². The van der Waals surface area contributed by atoms with Gasteiger partial charge in [-0.05, 0) is 63.0 Å². The third-order valence-corrected chi connectivity index (χ3v) is 9.70. The van der Waals surface area contributed by atoms with Crippen LogP contribution in [0.1, 0.15) is 16.7 Å². The Kier molecular flexibility index (Phi) is 7.83. The first-order valence-corrected chi connectivity index (χ1v) is 16.9. The van der Waals surface area contributed by atoms with Crippen molar-refractivity contribution in [2.45, 2.75) is 20.0 Å². The van der Waals surface area contributed by atoms with Crippen LogP contribution >= 0.6 is 0 Å². The molecule has 0 radical (unpaired) electrons. The maximum atomic E-state index is 12.0. The summed E-state index contributed by atoms with van der Waals surface area (Å²) in [6.07, 6.45) is 0. The largest absolute Gasteiger partial charge is 0.505 e.